The Labute approximate surface area is 95.9 Å². The predicted molar refractivity (Wildman–Crippen MR) is 65.7 cm³/mol. The van der Waals surface area contributed by atoms with Crippen LogP contribution < -0.4 is 4.74 Å². The number of aromatic nitrogens is 1. The first kappa shape index (κ1) is 10.7. The molecule has 0 N–H and O–H groups in total. The van der Waals surface area contributed by atoms with Gasteiger partial charge in [-0.25, -0.2) is 4.98 Å². The van der Waals surface area contributed by atoms with Crippen LogP contribution >= 0.6 is 0 Å². The summed E-state index contributed by atoms with van der Waals surface area (Å²) in [4.78, 5) is 4.53. The molecular weight excluding hydrogens is 198 g/mol. The Hall–Kier alpha value is -1.83. The molecule has 2 aromatic rings. The molecule has 0 amide bonds. The van der Waals surface area contributed by atoms with Gasteiger partial charge in [-0.2, -0.15) is 0 Å². The molecule has 2 nitrogen and oxygen atoms in total. The van der Waals surface area contributed by atoms with Gasteiger partial charge in [0.25, 0.3) is 0 Å². The highest BCUT2D eigenvalue weighted by Crippen LogP contribution is 2.28. The van der Waals surface area contributed by atoms with E-state index < -0.39 is 0 Å². The summed E-state index contributed by atoms with van der Waals surface area (Å²) in [6.45, 7) is 4.06. The first-order chi connectivity index (χ1) is 7.70. The maximum atomic E-state index is 5.33. The molecule has 82 valence electrons. The topological polar surface area (TPSA) is 22.1 Å². The van der Waals surface area contributed by atoms with Crippen LogP contribution in [0.5, 0.6) is 5.75 Å². The summed E-state index contributed by atoms with van der Waals surface area (Å²) in [5.74, 6) is 0.816. The highest BCUT2D eigenvalue weighted by Gasteiger charge is 2.07. The van der Waals surface area contributed by atoms with Gasteiger partial charge in [-0.15, -0.1) is 0 Å². The summed E-state index contributed by atoms with van der Waals surface area (Å²) in [5, 5.41) is 0. The van der Waals surface area contributed by atoms with Crippen molar-refractivity contribution in [3.8, 4) is 17.0 Å². The molecule has 1 heterocycles. The van der Waals surface area contributed by atoms with Crippen molar-refractivity contribution in [3.05, 3.63) is 47.7 Å². The smallest absolute Gasteiger partial charge is 0.145 e. The molecule has 2 heteroatoms. The molecule has 0 saturated heterocycles. The summed E-state index contributed by atoms with van der Waals surface area (Å²) in [7, 11) is 1.67. The largest absolute Gasteiger partial charge is 0.494 e. The number of methoxy groups -OCH3 is 1. The summed E-state index contributed by atoms with van der Waals surface area (Å²) >= 11 is 0. The summed E-state index contributed by atoms with van der Waals surface area (Å²) in [6, 6.07) is 12.2. The number of hydrogen-bond donors (Lipinski definition) is 0. The van der Waals surface area contributed by atoms with Crippen LogP contribution in [0.15, 0.2) is 36.4 Å². The SMILES string of the molecule is COc1ccc(C)nc1-c1cccc(C)c1. The van der Waals surface area contributed by atoms with Gasteiger partial charge in [0.1, 0.15) is 11.4 Å². The summed E-state index contributed by atoms with van der Waals surface area (Å²) in [6.07, 6.45) is 0. The number of rotatable bonds is 2. The number of hydrogen-bond acceptors (Lipinski definition) is 2. The fraction of sp³-hybridized carbons (Fsp3) is 0.214. The van der Waals surface area contributed by atoms with E-state index in [2.05, 4.69) is 30.1 Å². The second-order valence-electron chi connectivity index (χ2n) is 3.87. The Bertz CT molecular complexity index is 506. The number of ether oxygens (including phenoxy) is 1. The van der Waals surface area contributed by atoms with Crippen molar-refractivity contribution in [2.75, 3.05) is 7.11 Å². The third kappa shape index (κ3) is 2.06. The van der Waals surface area contributed by atoms with Crippen molar-refractivity contribution in [3.63, 3.8) is 0 Å². The highest BCUT2D eigenvalue weighted by molar-refractivity contribution is 5.67. The monoisotopic (exact) mass is 213 g/mol. The Balaban J connectivity index is 2.58. The van der Waals surface area contributed by atoms with Crippen molar-refractivity contribution >= 4 is 0 Å². The van der Waals surface area contributed by atoms with Gasteiger partial charge in [0.05, 0.1) is 7.11 Å². The van der Waals surface area contributed by atoms with Gasteiger partial charge in [0.15, 0.2) is 0 Å². The van der Waals surface area contributed by atoms with E-state index in [1.54, 1.807) is 7.11 Å². The van der Waals surface area contributed by atoms with E-state index in [1.165, 1.54) is 5.56 Å². The fourth-order valence-electron chi connectivity index (χ4n) is 1.71. The van der Waals surface area contributed by atoms with E-state index in [9.17, 15) is 0 Å². The molecule has 0 radical (unpaired) electrons. The minimum absolute atomic E-state index is 0.816. The normalized spacial score (nSPS) is 10.2. The Morgan fingerprint density at radius 2 is 1.88 bits per heavy atom. The number of pyridine rings is 1. The maximum Gasteiger partial charge on any atom is 0.145 e. The second kappa shape index (κ2) is 4.35. The van der Waals surface area contributed by atoms with Crippen LogP contribution in [0.4, 0.5) is 0 Å². The lowest BCUT2D eigenvalue weighted by Gasteiger charge is -2.09. The third-order valence-electron chi connectivity index (χ3n) is 2.51. The first-order valence-corrected chi connectivity index (χ1v) is 5.29. The van der Waals surface area contributed by atoms with Gasteiger partial charge in [0, 0.05) is 11.3 Å². The Morgan fingerprint density at radius 1 is 1.06 bits per heavy atom. The predicted octanol–water partition coefficient (Wildman–Crippen LogP) is 3.37. The molecule has 0 aliphatic heterocycles. The maximum absolute atomic E-state index is 5.33. The molecule has 0 aliphatic rings. The zero-order valence-electron chi connectivity index (χ0n) is 9.82. The number of nitrogens with zero attached hydrogens (tertiary/aromatic N) is 1. The second-order valence-corrected chi connectivity index (χ2v) is 3.87. The van der Waals surface area contributed by atoms with E-state index in [1.807, 2.05) is 25.1 Å². The van der Waals surface area contributed by atoms with Crippen molar-refractivity contribution in [2.24, 2.45) is 0 Å². The van der Waals surface area contributed by atoms with Gasteiger partial charge < -0.3 is 4.74 Å². The number of benzene rings is 1. The van der Waals surface area contributed by atoms with Gasteiger partial charge in [-0.1, -0.05) is 23.8 Å². The minimum atomic E-state index is 0.816. The van der Waals surface area contributed by atoms with Crippen LogP contribution in [-0.4, -0.2) is 12.1 Å². The van der Waals surface area contributed by atoms with Crippen LogP contribution in [0.1, 0.15) is 11.3 Å². The van der Waals surface area contributed by atoms with E-state index in [0.29, 0.717) is 0 Å². The van der Waals surface area contributed by atoms with Crippen molar-refractivity contribution < 1.29 is 4.74 Å². The average Bonchev–Trinajstić information content (AvgIpc) is 2.29. The van der Waals surface area contributed by atoms with Gasteiger partial charge >= 0.3 is 0 Å². The quantitative estimate of drug-likeness (QED) is 0.763. The van der Waals surface area contributed by atoms with Crippen molar-refractivity contribution in [1.82, 2.24) is 4.98 Å². The lowest BCUT2D eigenvalue weighted by molar-refractivity contribution is 0.414. The van der Waals surface area contributed by atoms with Gasteiger partial charge in [-0.05, 0) is 32.0 Å². The first-order valence-electron chi connectivity index (χ1n) is 5.29. The molecule has 1 aromatic carbocycles. The minimum Gasteiger partial charge on any atom is -0.494 e. The highest BCUT2D eigenvalue weighted by atomic mass is 16.5. The van der Waals surface area contributed by atoms with E-state index in [-0.39, 0.29) is 0 Å². The molecule has 2 rings (SSSR count). The fourth-order valence-corrected chi connectivity index (χ4v) is 1.71. The van der Waals surface area contributed by atoms with Gasteiger partial charge in [0.2, 0.25) is 0 Å². The molecule has 1 aromatic heterocycles. The zero-order valence-corrected chi connectivity index (χ0v) is 9.82. The molecule has 0 bridgehead atoms. The molecule has 0 saturated carbocycles. The van der Waals surface area contributed by atoms with Crippen LogP contribution in [0.3, 0.4) is 0 Å². The summed E-state index contributed by atoms with van der Waals surface area (Å²) in [5.41, 5.74) is 4.23. The van der Waals surface area contributed by atoms with Crippen molar-refractivity contribution in [1.29, 1.82) is 0 Å². The van der Waals surface area contributed by atoms with Crippen LogP contribution in [-0.2, 0) is 0 Å². The lowest BCUT2D eigenvalue weighted by Crippen LogP contribution is -1.93. The third-order valence-corrected chi connectivity index (χ3v) is 2.51. The van der Waals surface area contributed by atoms with Crippen molar-refractivity contribution in [2.45, 2.75) is 13.8 Å². The molecule has 16 heavy (non-hydrogen) atoms. The Kier molecular flexibility index (Phi) is 2.91. The van der Waals surface area contributed by atoms with E-state index >= 15 is 0 Å². The lowest BCUT2D eigenvalue weighted by atomic mass is 10.1. The molecule has 0 fully saturated rings. The molecule has 0 aliphatic carbocycles. The molecule has 0 unspecified atom stereocenters. The van der Waals surface area contributed by atoms with E-state index in [0.717, 1.165) is 22.7 Å². The van der Waals surface area contributed by atoms with Crippen LogP contribution in [0.25, 0.3) is 11.3 Å². The number of aryl methyl sites for hydroxylation is 2. The van der Waals surface area contributed by atoms with Crippen LogP contribution in [0.2, 0.25) is 0 Å². The molecule has 0 atom stereocenters. The van der Waals surface area contributed by atoms with Gasteiger partial charge in [-0.3, -0.25) is 0 Å². The molecule has 0 spiro atoms. The summed E-state index contributed by atoms with van der Waals surface area (Å²) < 4.78 is 5.33. The van der Waals surface area contributed by atoms with E-state index in [4.69, 9.17) is 4.74 Å². The Morgan fingerprint density at radius 3 is 2.56 bits per heavy atom. The average molecular weight is 213 g/mol. The molecular formula is C14H15NO. The zero-order chi connectivity index (χ0) is 11.5. The standard InChI is InChI=1S/C14H15NO/c1-10-5-4-6-12(9-10)14-13(16-3)8-7-11(2)15-14/h4-9H,1-3H3. The van der Waals surface area contributed by atoms with Crippen LogP contribution in [0, 0.1) is 13.8 Å².